The first-order chi connectivity index (χ1) is 19.5. The van der Waals surface area contributed by atoms with Crippen molar-refractivity contribution in [2.75, 3.05) is 14.2 Å². The molecule has 3 N–H and O–H groups in total. The van der Waals surface area contributed by atoms with Gasteiger partial charge in [0.1, 0.15) is 11.5 Å². The first-order valence-electron chi connectivity index (χ1n) is 11.5. The zero-order valence-corrected chi connectivity index (χ0v) is 22.9. The Morgan fingerprint density at radius 1 is 0.732 bits per heavy atom. The molecule has 0 bridgehead atoms. The van der Waals surface area contributed by atoms with Gasteiger partial charge in [-0.05, 0) is 54.6 Å². The normalized spacial score (nSPS) is 11.8. The second-order valence-electron chi connectivity index (χ2n) is 8.02. The summed E-state index contributed by atoms with van der Waals surface area (Å²) < 4.78 is 20.4. The van der Waals surface area contributed by atoms with Crippen LogP contribution < -0.4 is 20.3 Å². The van der Waals surface area contributed by atoms with Gasteiger partial charge >= 0.3 is 17.9 Å². The fraction of sp³-hybridized carbons (Fsp3) is 0.148. The number of ether oxygens (including phenoxy) is 4. The highest BCUT2D eigenvalue weighted by molar-refractivity contribution is 6.36. The van der Waals surface area contributed by atoms with Gasteiger partial charge in [0.2, 0.25) is 12.2 Å². The van der Waals surface area contributed by atoms with Crippen molar-refractivity contribution in [2.45, 2.75) is 12.2 Å². The van der Waals surface area contributed by atoms with E-state index in [0.29, 0.717) is 0 Å². The maximum absolute atomic E-state index is 13.1. The summed E-state index contributed by atoms with van der Waals surface area (Å²) in [5, 5.41) is 10.1. The summed E-state index contributed by atoms with van der Waals surface area (Å²) in [7, 11) is 2.71. The summed E-state index contributed by atoms with van der Waals surface area (Å²) >= 11 is 11.8. The molecule has 3 aromatic carbocycles. The van der Waals surface area contributed by atoms with Gasteiger partial charge in [0, 0.05) is 5.02 Å². The fourth-order valence-electron chi connectivity index (χ4n) is 3.29. The molecule has 0 unspecified atom stereocenters. The molecule has 0 saturated heterocycles. The molecule has 2 amide bonds. The molecule has 0 heterocycles. The average molecular weight is 605 g/mol. The number of carbonyl (C=O) groups is 5. The largest absolute Gasteiger partial charge is 0.497 e. The molecule has 2 atom stereocenters. The standard InChI is InChI=1S/C27H22Cl2N2O10/c1-38-17-7-3-5-14(11-17)26(36)40-21(24(33)31-30-23(32)19-10-9-16(28)13-20(19)29)22(25(34)35)41-27(37)15-6-4-8-18(12-15)39-2/h3-13,21-22H,1-2H3,(H,30,32)(H,31,33)(H,34,35)/t21-,22-/m1/s1. The lowest BCUT2D eigenvalue weighted by Crippen LogP contribution is -2.54. The molecule has 214 valence electrons. The SMILES string of the molecule is COc1cccc(C(=O)O[C@@H](C(=O)O)[C@@H](OC(=O)c2cccc(OC)c2)C(=O)NNC(=O)c2ccc(Cl)cc2Cl)c1. The van der Waals surface area contributed by atoms with Gasteiger partial charge in [0.25, 0.3) is 11.8 Å². The molecule has 0 aliphatic rings. The van der Waals surface area contributed by atoms with Gasteiger partial charge in [-0.2, -0.15) is 0 Å². The van der Waals surface area contributed by atoms with Gasteiger partial charge in [0.15, 0.2) is 0 Å². The Morgan fingerprint density at radius 2 is 1.27 bits per heavy atom. The molecule has 0 aliphatic heterocycles. The number of carboxylic acid groups (broad SMARTS) is 1. The van der Waals surface area contributed by atoms with Crippen LogP contribution in [0.5, 0.6) is 11.5 Å². The van der Waals surface area contributed by atoms with E-state index in [1.54, 1.807) is 0 Å². The molecule has 3 aromatic rings. The van der Waals surface area contributed by atoms with Crippen molar-refractivity contribution in [3.05, 3.63) is 93.5 Å². The molecule has 0 saturated carbocycles. The van der Waals surface area contributed by atoms with E-state index >= 15 is 0 Å². The average Bonchev–Trinajstić information content (AvgIpc) is 2.97. The summed E-state index contributed by atoms with van der Waals surface area (Å²) in [4.78, 5) is 63.5. The second-order valence-corrected chi connectivity index (χ2v) is 8.87. The van der Waals surface area contributed by atoms with E-state index in [-0.39, 0.29) is 38.2 Å². The van der Waals surface area contributed by atoms with Crippen LogP contribution in [0.15, 0.2) is 66.7 Å². The number of hydrogen-bond donors (Lipinski definition) is 3. The number of rotatable bonds is 10. The number of aliphatic carboxylic acids is 1. The van der Waals surface area contributed by atoms with Crippen LogP contribution in [0.2, 0.25) is 10.0 Å². The van der Waals surface area contributed by atoms with Crippen LogP contribution in [0.3, 0.4) is 0 Å². The van der Waals surface area contributed by atoms with Crippen LogP contribution in [0, 0.1) is 0 Å². The monoisotopic (exact) mass is 604 g/mol. The number of hydrazine groups is 1. The molecule has 12 nitrogen and oxygen atoms in total. The molecule has 0 fully saturated rings. The van der Waals surface area contributed by atoms with Crippen molar-refractivity contribution in [3.8, 4) is 11.5 Å². The molecule has 14 heteroatoms. The zero-order chi connectivity index (χ0) is 30.1. The first kappa shape index (κ1) is 30.7. The third-order valence-electron chi connectivity index (χ3n) is 5.33. The Bertz CT molecular complexity index is 1480. The molecule has 0 spiro atoms. The summed E-state index contributed by atoms with van der Waals surface area (Å²) in [5.74, 6) is -5.85. The Morgan fingerprint density at radius 3 is 1.76 bits per heavy atom. The summed E-state index contributed by atoms with van der Waals surface area (Å²) in [6.45, 7) is 0. The number of halogens is 2. The van der Waals surface area contributed by atoms with Gasteiger partial charge in [-0.25, -0.2) is 14.4 Å². The fourth-order valence-corrected chi connectivity index (χ4v) is 3.79. The zero-order valence-electron chi connectivity index (χ0n) is 21.4. The topological polar surface area (TPSA) is 167 Å². The van der Waals surface area contributed by atoms with Gasteiger partial charge in [-0.3, -0.25) is 20.4 Å². The van der Waals surface area contributed by atoms with E-state index in [1.165, 1.54) is 80.9 Å². The lowest BCUT2D eigenvalue weighted by molar-refractivity contribution is -0.159. The highest BCUT2D eigenvalue weighted by Crippen LogP contribution is 2.21. The van der Waals surface area contributed by atoms with E-state index in [4.69, 9.17) is 42.1 Å². The van der Waals surface area contributed by atoms with Crippen molar-refractivity contribution in [1.82, 2.24) is 10.9 Å². The van der Waals surface area contributed by atoms with E-state index in [1.807, 2.05) is 10.9 Å². The predicted octanol–water partition coefficient (Wildman–Crippen LogP) is 3.31. The second kappa shape index (κ2) is 14.0. The smallest absolute Gasteiger partial charge is 0.349 e. The first-order valence-corrected chi connectivity index (χ1v) is 12.3. The van der Waals surface area contributed by atoms with Crippen LogP contribution in [0.4, 0.5) is 0 Å². The number of hydrogen-bond acceptors (Lipinski definition) is 9. The number of amides is 2. The molecule has 41 heavy (non-hydrogen) atoms. The van der Waals surface area contributed by atoms with E-state index in [9.17, 15) is 29.1 Å². The Hall–Kier alpha value is -4.81. The van der Waals surface area contributed by atoms with Gasteiger partial charge < -0.3 is 24.1 Å². The molecule has 0 aromatic heterocycles. The number of methoxy groups -OCH3 is 2. The molecule has 0 aliphatic carbocycles. The van der Waals surface area contributed by atoms with Crippen molar-refractivity contribution in [1.29, 1.82) is 0 Å². The predicted molar refractivity (Wildman–Crippen MR) is 144 cm³/mol. The Labute approximate surface area is 243 Å². The van der Waals surface area contributed by atoms with Crippen LogP contribution in [-0.4, -0.2) is 61.3 Å². The minimum atomic E-state index is -2.35. The number of nitrogens with one attached hydrogen (secondary N) is 2. The van der Waals surface area contributed by atoms with Crippen LogP contribution in [-0.2, 0) is 19.1 Å². The highest BCUT2D eigenvalue weighted by Gasteiger charge is 2.41. The highest BCUT2D eigenvalue weighted by atomic mass is 35.5. The van der Waals surface area contributed by atoms with Gasteiger partial charge in [-0.15, -0.1) is 0 Å². The lowest BCUT2D eigenvalue weighted by atomic mass is 10.1. The molecule has 3 rings (SSSR count). The van der Waals surface area contributed by atoms with Crippen molar-refractivity contribution >= 4 is 52.9 Å². The molecular weight excluding hydrogens is 583 g/mol. The minimum Gasteiger partial charge on any atom is -0.497 e. The van der Waals surface area contributed by atoms with Crippen LogP contribution in [0.25, 0.3) is 0 Å². The third kappa shape index (κ3) is 8.10. The van der Waals surface area contributed by atoms with Gasteiger partial charge in [-0.1, -0.05) is 35.3 Å². The Balaban J connectivity index is 1.88. The lowest BCUT2D eigenvalue weighted by Gasteiger charge is -2.23. The summed E-state index contributed by atoms with van der Waals surface area (Å²) in [6.07, 6.45) is -4.62. The minimum absolute atomic E-state index is 0.0408. The summed E-state index contributed by atoms with van der Waals surface area (Å²) in [5.41, 5.74) is 3.70. The number of carbonyl (C=O) groups excluding carboxylic acids is 4. The van der Waals surface area contributed by atoms with Gasteiger partial charge in [0.05, 0.1) is 35.9 Å². The van der Waals surface area contributed by atoms with E-state index in [0.717, 1.165) is 0 Å². The van der Waals surface area contributed by atoms with Crippen molar-refractivity contribution in [2.24, 2.45) is 0 Å². The van der Waals surface area contributed by atoms with E-state index < -0.39 is 41.9 Å². The summed E-state index contributed by atoms with van der Waals surface area (Å²) in [6, 6.07) is 15.1. The van der Waals surface area contributed by atoms with Crippen molar-refractivity contribution < 1.29 is 48.0 Å². The molecular formula is C27H22Cl2N2O10. The van der Waals surface area contributed by atoms with Crippen LogP contribution >= 0.6 is 23.2 Å². The van der Waals surface area contributed by atoms with Crippen molar-refractivity contribution in [3.63, 3.8) is 0 Å². The molecule has 0 radical (unpaired) electrons. The van der Waals surface area contributed by atoms with E-state index in [2.05, 4.69) is 0 Å². The number of carboxylic acids is 1. The number of esters is 2. The maximum atomic E-state index is 13.1. The Kier molecular flexibility index (Phi) is 10.5. The third-order valence-corrected chi connectivity index (χ3v) is 5.88. The maximum Gasteiger partial charge on any atom is 0.349 e. The number of benzene rings is 3. The van der Waals surface area contributed by atoms with Crippen LogP contribution in [0.1, 0.15) is 31.1 Å². The quantitative estimate of drug-likeness (QED) is 0.231.